The summed E-state index contributed by atoms with van der Waals surface area (Å²) in [6.45, 7) is 0.598. The Hall–Kier alpha value is -1.92. The first-order chi connectivity index (χ1) is 10.1. The number of nitrogens with one attached hydrogen (secondary N) is 1. The number of hydrogen-bond acceptors (Lipinski definition) is 4. The summed E-state index contributed by atoms with van der Waals surface area (Å²) < 4.78 is 1.75. The molecule has 7 heteroatoms. The summed E-state index contributed by atoms with van der Waals surface area (Å²) in [5, 5.41) is 20.9. The molecule has 1 aromatic heterocycles. The highest BCUT2D eigenvalue weighted by Gasteiger charge is 2.30. The van der Waals surface area contributed by atoms with E-state index in [0.29, 0.717) is 24.4 Å². The predicted molar refractivity (Wildman–Crippen MR) is 77.4 cm³/mol. The molecule has 1 aliphatic heterocycles. The number of halogens is 1. The van der Waals surface area contributed by atoms with Crippen LogP contribution in [-0.4, -0.2) is 38.7 Å². The van der Waals surface area contributed by atoms with Crippen molar-refractivity contribution < 1.29 is 9.90 Å². The minimum absolute atomic E-state index is 0.0394. The summed E-state index contributed by atoms with van der Waals surface area (Å²) in [4.78, 5) is 10.9. The van der Waals surface area contributed by atoms with Gasteiger partial charge in [-0.15, -0.1) is 5.10 Å². The molecule has 2 atom stereocenters. The third-order valence-electron chi connectivity index (χ3n) is 3.64. The Morgan fingerprint density at radius 1 is 1.43 bits per heavy atom. The lowest BCUT2D eigenvalue weighted by molar-refractivity contribution is -0.139. The largest absolute Gasteiger partial charge is 0.480 e. The van der Waals surface area contributed by atoms with Crippen LogP contribution >= 0.6 is 11.6 Å². The van der Waals surface area contributed by atoms with Gasteiger partial charge in [-0.3, -0.25) is 4.79 Å². The van der Waals surface area contributed by atoms with Crippen LogP contribution in [0.2, 0.25) is 5.02 Å². The molecule has 0 bridgehead atoms. The monoisotopic (exact) mass is 306 g/mol. The highest BCUT2D eigenvalue weighted by molar-refractivity contribution is 6.30. The zero-order valence-electron chi connectivity index (χ0n) is 11.2. The van der Waals surface area contributed by atoms with Crippen LogP contribution in [0.15, 0.2) is 30.5 Å². The van der Waals surface area contributed by atoms with Crippen LogP contribution < -0.4 is 5.32 Å². The normalized spacial score (nSPS) is 21.6. The molecule has 0 spiro atoms. The Morgan fingerprint density at radius 3 is 2.86 bits per heavy atom. The number of hydrogen-bond donors (Lipinski definition) is 2. The SMILES string of the molecule is O=C(O)[C@@H]1C[C@H](n2cc(Cc3ccc(Cl)cc3)nn2)CN1. The fourth-order valence-corrected chi connectivity index (χ4v) is 2.62. The maximum atomic E-state index is 10.9. The van der Waals surface area contributed by atoms with Gasteiger partial charge in [0, 0.05) is 24.2 Å². The number of rotatable bonds is 4. The van der Waals surface area contributed by atoms with E-state index >= 15 is 0 Å². The second kappa shape index (κ2) is 5.83. The molecule has 1 fully saturated rings. The average molecular weight is 307 g/mol. The van der Waals surface area contributed by atoms with E-state index < -0.39 is 12.0 Å². The summed E-state index contributed by atoms with van der Waals surface area (Å²) >= 11 is 5.86. The number of carboxylic acid groups (broad SMARTS) is 1. The molecule has 6 nitrogen and oxygen atoms in total. The van der Waals surface area contributed by atoms with E-state index in [4.69, 9.17) is 16.7 Å². The van der Waals surface area contributed by atoms with Gasteiger partial charge in [-0.25, -0.2) is 4.68 Å². The average Bonchev–Trinajstić information content (AvgIpc) is 3.10. The van der Waals surface area contributed by atoms with E-state index in [1.807, 2.05) is 30.5 Å². The van der Waals surface area contributed by atoms with Crippen molar-refractivity contribution in [3.8, 4) is 0 Å². The molecule has 0 unspecified atom stereocenters. The highest BCUT2D eigenvalue weighted by Crippen LogP contribution is 2.20. The molecule has 0 amide bonds. The predicted octanol–water partition coefficient (Wildman–Crippen LogP) is 1.51. The molecule has 0 radical (unpaired) electrons. The van der Waals surface area contributed by atoms with Gasteiger partial charge in [0.2, 0.25) is 0 Å². The molecule has 21 heavy (non-hydrogen) atoms. The lowest BCUT2D eigenvalue weighted by atomic mass is 10.1. The van der Waals surface area contributed by atoms with Crippen LogP contribution in [0, 0.1) is 0 Å². The zero-order chi connectivity index (χ0) is 14.8. The van der Waals surface area contributed by atoms with Gasteiger partial charge < -0.3 is 10.4 Å². The number of carbonyl (C=O) groups is 1. The Bertz CT molecular complexity index is 641. The van der Waals surface area contributed by atoms with Gasteiger partial charge >= 0.3 is 5.97 Å². The van der Waals surface area contributed by atoms with Crippen LogP contribution in [0.3, 0.4) is 0 Å². The Morgan fingerprint density at radius 2 is 2.19 bits per heavy atom. The second-order valence-electron chi connectivity index (χ2n) is 5.18. The van der Waals surface area contributed by atoms with Crippen LogP contribution in [0.1, 0.15) is 23.7 Å². The minimum atomic E-state index is -0.820. The van der Waals surface area contributed by atoms with Gasteiger partial charge in [-0.2, -0.15) is 0 Å². The Labute approximate surface area is 126 Å². The number of benzene rings is 1. The van der Waals surface area contributed by atoms with Gasteiger partial charge in [-0.1, -0.05) is 28.9 Å². The van der Waals surface area contributed by atoms with Crippen LogP contribution in [0.4, 0.5) is 0 Å². The summed E-state index contributed by atoms with van der Waals surface area (Å²) in [5.74, 6) is -0.820. The summed E-state index contributed by atoms with van der Waals surface area (Å²) in [5.41, 5.74) is 1.97. The fourth-order valence-electron chi connectivity index (χ4n) is 2.49. The standard InChI is InChI=1S/C14H15ClN4O2/c15-10-3-1-9(2-4-10)5-11-8-19(18-17-11)12-6-13(14(20)21)16-7-12/h1-4,8,12-13,16H,5-7H2,(H,20,21)/t12-,13-/m0/s1. The quantitative estimate of drug-likeness (QED) is 0.895. The first kappa shape index (κ1) is 14.0. The van der Waals surface area contributed by atoms with Gasteiger partial charge in [0.1, 0.15) is 6.04 Å². The van der Waals surface area contributed by atoms with E-state index in [1.165, 1.54) is 0 Å². The molecular formula is C14H15ClN4O2. The molecule has 2 aromatic rings. The van der Waals surface area contributed by atoms with Crippen LogP contribution in [-0.2, 0) is 11.2 Å². The van der Waals surface area contributed by atoms with Gasteiger partial charge in [0.15, 0.2) is 0 Å². The van der Waals surface area contributed by atoms with E-state index in [-0.39, 0.29) is 6.04 Å². The van der Waals surface area contributed by atoms with Crippen molar-refractivity contribution in [3.05, 3.63) is 46.7 Å². The smallest absolute Gasteiger partial charge is 0.320 e. The highest BCUT2D eigenvalue weighted by atomic mass is 35.5. The molecule has 2 N–H and O–H groups in total. The van der Waals surface area contributed by atoms with Crippen molar-refractivity contribution >= 4 is 17.6 Å². The van der Waals surface area contributed by atoms with E-state index in [1.54, 1.807) is 4.68 Å². The van der Waals surface area contributed by atoms with Gasteiger partial charge in [0.25, 0.3) is 0 Å². The minimum Gasteiger partial charge on any atom is -0.480 e. The molecule has 1 saturated heterocycles. The van der Waals surface area contributed by atoms with Crippen molar-refractivity contribution in [2.24, 2.45) is 0 Å². The first-order valence-corrected chi connectivity index (χ1v) is 7.11. The third kappa shape index (κ3) is 3.22. The van der Waals surface area contributed by atoms with Crippen molar-refractivity contribution in [1.29, 1.82) is 0 Å². The molecule has 0 aliphatic carbocycles. The molecule has 1 aliphatic rings. The summed E-state index contributed by atoms with van der Waals surface area (Å²) in [6.07, 6.45) is 3.09. The molecule has 2 heterocycles. The lowest BCUT2D eigenvalue weighted by Gasteiger charge is -2.07. The van der Waals surface area contributed by atoms with Crippen molar-refractivity contribution in [3.63, 3.8) is 0 Å². The second-order valence-corrected chi connectivity index (χ2v) is 5.62. The molecule has 0 saturated carbocycles. The van der Waals surface area contributed by atoms with Crippen LogP contribution in [0.5, 0.6) is 0 Å². The topological polar surface area (TPSA) is 80.0 Å². The molecule has 1 aromatic carbocycles. The first-order valence-electron chi connectivity index (χ1n) is 6.73. The lowest BCUT2D eigenvalue weighted by Crippen LogP contribution is -2.29. The Kier molecular flexibility index (Phi) is 3.90. The van der Waals surface area contributed by atoms with E-state index in [0.717, 1.165) is 11.3 Å². The fraction of sp³-hybridized carbons (Fsp3) is 0.357. The number of carboxylic acids is 1. The van der Waals surface area contributed by atoms with Gasteiger partial charge in [0.05, 0.1) is 11.7 Å². The van der Waals surface area contributed by atoms with E-state index in [9.17, 15) is 4.79 Å². The maximum Gasteiger partial charge on any atom is 0.320 e. The molecule has 110 valence electrons. The Balaban J connectivity index is 1.66. The van der Waals surface area contributed by atoms with Crippen molar-refractivity contribution in [2.45, 2.75) is 24.9 Å². The number of aliphatic carboxylic acids is 1. The zero-order valence-corrected chi connectivity index (χ0v) is 12.0. The van der Waals surface area contributed by atoms with Crippen molar-refractivity contribution in [1.82, 2.24) is 20.3 Å². The summed E-state index contributed by atoms with van der Waals surface area (Å²) in [7, 11) is 0. The van der Waals surface area contributed by atoms with Crippen LogP contribution in [0.25, 0.3) is 0 Å². The van der Waals surface area contributed by atoms with Crippen molar-refractivity contribution in [2.75, 3.05) is 6.54 Å². The van der Waals surface area contributed by atoms with Gasteiger partial charge in [-0.05, 0) is 24.1 Å². The third-order valence-corrected chi connectivity index (χ3v) is 3.89. The maximum absolute atomic E-state index is 10.9. The molecule has 3 rings (SSSR count). The molecular weight excluding hydrogens is 292 g/mol. The summed E-state index contributed by atoms with van der Waals surface area (Å²) in [6, 6.07) is 7.15. The van der Waals surface area contributed by atoms with E-state index in [2.05, 4.69) is 15.6 Å². The number of aromatic nitrogens is 3. The number of nitrogens with zero attached hydrogens (tertiary/aromatic N) is 3.